The first-order valence-electron chi connectivity index (χ1n) is 6.63. The van der Waals surface area contributed by atoms with E-state index in [9.17, 15) is 14.3 Å². The standard InChI is InChI=1S/C13H18FN3O4/c1-2-3-4-7-5-17(13(20)16-11(7)15)12-9(14)10(19)8(6-18)21-12/h3-5,8-10,12,18-19H,2,6H2,1H3,(H2,15,16,20). The van der Waals surface area contributed by atoms with Crippen molar-refractivity contribution in [1.82, 2.24) is 9.55 Å². The van der Waals surface area contributed by atoms with Crippen molar-refractivity contribution in [2.45, 2.75) is 38.0 Å². The molecule has 0 spiro atoms. The number of allylic oxidation sites excluding steroid dienone is 1. The fourth-order valence-electron chi connectivity index (χ4n) is 2.13. The zero-order valence-electron chi connectivity index (χ0n) is 11.5. The van der Waals surface area contributed by atoms with E-state index in [0.717, 1.165) is 11.0 Å². The summed E-state index contributed by atoms with van der Waals surface area (Å²) >= 11 is 0. The summed E-state index contributed by atoms with van der Waals surface area (Å²) in [5, 5.41) is 18.6. The second kappa shape index (κ2) is 6.33. The average molecular weight is 299 g/mol. The molecule has 4 unspecified atom stereocenters. The molecule has 7 nitrogen and oxygen atoms in total. The minimum atomic E-state index is -1.84. The van der Waals surface area contributed by atoms with E-state index in [4.69, 9.17) is 15.6 Å². The molecule has 1 fully saturated rings. The monoisotopic (exact) mass is 299 g/mol. The first-order valence-corrected chi connectivity index (χ1v) is 6.63. The molecular weight excluding hydrogens is 281 g/mol. The number of aromatic nitrogens is 2. The van der Waals surface area contributed by atoms with Crippen LogP contribution in [0.25, 0.3) is 6.08 Å². The van der Waals surface area contributed by atoms with E-state index in [1.165, 1.54) is 6.20 Å². The number of nitrogen functional groups attached to an aromatic ring is 1. The van der Waals surface area contributed by atoms with E-state index in [1.54, 1.807) is 6.08 Å². The van der Waals surface area contributed by atoms with Crippen molar-refractivity contribution in [3.63, 3.8) is 0 Å². The van der Waals surface area contributed by atoms with Crippen LogP contribution < -0.4 is 11.4 Å². The summed E-state index contributed by atoms with van der Waals surface area (Å²) in [5.41, 5.74) is 5.32. The first kappa shape index (κ1) is 15.6. The number of hydrogen-bond acceptors (Lipinski definition) is 6. The Hall–Kier alpha value is -1.77. The Morgan fingerprint density at radius 3 is 2.90 bits per heavy atom. The Kier molecular flexibility index (Phi) is 4.71. The highest BCUT2D eigenvalue weighted by Gasteiger charge is 2.45. The SMILES string of the molecule is CCC=Cc1cn(C2OC(CO)C(O)C2F)c(=O)nc1N. The Bertz CT molecular complexity index is 589. The molecule has 0 bridgehead atoms. The van der Waals surface area contributed by atoms with Crippen LogP contribution in [0.5, 0.6) is 0 Å². The van der Waals surface area contributed by atoms with E-state index in [0.29, 0.717) is 5.56 Å². The lowest BCUT2D eigenvalue weighted by atomic mass is 10.1. The van der Waals surface area contributed by atoms with Crippen molar-refractivity contribution in [1.29, 1.82) is 0 Å². The second-order valence-electron chi connectivity index (χ2n) is 4.76. The van der Waals surface area contributed by atoms with Gasteiger partial charge in [-0.3, -0.25) is 4.57 Å². The quantitative estimate of drug-likeness (QED) is 0.712. The molecule has 1 aliphatic heterocycles. The lowest BCUT2D eigenvalue weighted by molar-refractivity contribution is -0.0491. The summed E-state index contributed by atoms with van der Waals surface area (Å²) in [6.07, 6.45) is -0.185. The molecule has 1 aliphatic rings. The molecule has 8 heteroatoms. The van der Waals surface area contributed by atoms with Crippen LogP contribution in [0.3, 0.4) is 0 Å². The highest BCUT2D eigenvalue weighted by molar-refractivity contribution is 5.59. The second-order valence-corrected chi connectivity index (χ2v) is 4.76. The molecule has 0 aromatic carbocycles. The number of aliphatic hydroxyl groups excluding tert-OH is 2. The molecule has 1 saturated heterocycles. The largest absolute Gasteiger partial charge is 0.394 e. The van der Waals surface area contributed by atoms with Gasteiger partial charge in [0, 0.05) is 11.8 Å². The average Bonchev–Trinajstić information content (AvgIpc) is 2.74. The van der Waals surface area contributed by atoms with Crippen molar-refractivity contribution in [3.05, 3.63) is 28.3 Å². The summed E-state index contributed by atoms with van der Waals surface area (Å²) in [4.78, 5) is 15.5. The molecule has 0 radical (unpaired) electrons. The van der Waals surface area contributed by atoms with Gasteiger partial charge >= 0.3 is 5.69 Å². The molecule has 1 aromatic rings. The Morgan fingerprint density at radius 2 is 2.33 bits per heavy atom. The fourth-order valence-corrected chi connectivity index (χ4v) is 2.13. The minimum Gasteiger partial charge on any atom is -0.394 e. The molecule has 4 atom stereocenters. The molecule has 2 rings (SSSR count). The van der Waals surface area contributed by atoms with Crippen LogP contribution in [0.4, 0.5) is 10.2 Å². The van der Waals surface area contributed by atoms with Gasteiger partial charge in [-0.25, -0.2) is 9.18 Å². The number of alkyl halides is 1. The van der Waals surface area contributed by atoms with E-state index < -0.39 is 36.9 Å². The predicted octanol–water partition coefficient (Wildman–Crippen LogP) is -0.163. The Morgan fingerprint density at radius 1 is 1.62 bits per heavy atom. The van der Waals surface area contributed by atoms with Gasteiger partial charge in [-0.2, -0.15) is 4.98 Å². The number of anilines is 1. The third-order valence-electron chi connectivity index (χ3n) is 3.29. The van der Waals surface area contributed by atoms with Crippen LogP contribution in [-0.4, -0.2) is 44.8 Å². The molecule has 1 aromatic heterocycles. The minimum absolute atomic E-state index is 0.0358. The molecule has 4 N–H and O–H groups in total. The Labute approximate surface area is 120 Å². The molecular formula is C13H18FN3O4. The number of nitrogens with zero attached hydrogens (tertiary/aromatic N) is 2. The zero-order valence-corrected chi connectivity index (χ0v) is 11.5. The van der Waals surface area contributed by atoms with Gasteiger partial charge in [-0.15, -0.1) is 0 Å². The van der Waals surface area contributed by atoms with Gasteiger partial charge in [0.1, 0.15) is 18.0 Å². The number of rotatable bonds is 4. The van der Waals surface area contributed by atoms with E-state index in [2.05, 4.69) is 4.98 Å². The smallest absolute Gasteiger partial charge is 0.351 e. The maximum Gasteiger partial charge on any atom is 0.351 e. The van der Waals surface area contributed by atoms with Crippen molar-refractivity contribution < 1.29 is 19.3 Å². The number of nitrogens with two attached hydrogens (primary N) is 1. The van der Waals surface area contributed by atoms with Gasteiger partial charge in [0.15, 0.2) is 12.4 Å². The van der Waals surface area contributed by atoms with Crippen molar-refractivity contribution >= 4 is 11.9 Å². The van der Waals surface area contributed by atoms with Crippen LogP contribution >= 0.6 is 0 Å². The lowest BCUT2D eigenvalue weighted by Gasteiger charge is -2.16. The van der Waals surface area contributed by atoms with Crippen LogP contribution in [-0.2, 0) is 4.74 Å². The molecule has 116 valence electrons. The lowest BCUT2D eigenvalue weighted by Crippen LogP contribution is -2.34. The highest BCUT2D eigenvalue weighted by Crippen LogP contribution is 2.31. The summed E-state index contributed by atoms with van der Waals surface area (Å²) in [6, 6.07) is 0. The summed E-state index contributed by atoms with van der Waals surface area (Å²) in [6.45, 7) is 1.38. The first-order chi connectivity index (χ1) is 9.99. The summed E-state index contributed by atoms with van der Waals surface area (Å²) < 4.78 is 20.2. The molecule has 0 saturated carbocycles. The number of hydrogen-bond donors (Lipinski definition) is 3. The third-order valence-corrected chi connectivity index (χ3v) is 3.29. The maximum atomic E-state index is 14.0. The maximum absolute atomic E-state index is 14.0. The van der Waals surface area contributed by atoms with Crippen molar-refractivity contribution in [2.75, 3.05) is 12.3 Å². The molecule has 0 aliphatic carbocycles. The number of ether oxygens (including phenoxy) is 1. The molecule has 2 heterocycles. The third kappa shape index (κ3) is 2.97. The van der Waals surface area contributed by atoms with E-state index in [-0.39, 0.29) is 5.82 Å². The number of aliphatic hydroxyl groups is 2. The van der Waals surface area contributed by atoms with Crippen LogP contribution in [0.15, 0.2) is 17.1 Å². The predicted molar refractivity (Wildman–Crippen MR) is 74.1 cm³/mol. The topological polar surface area (TPSA) is 111 Å². The summed E-state index contributed by atoms with van der Waals surface area (Å²) in [5.74, 6) is 0.0358. The molecule has 21 heavy (non-hydrogen) atoms. The van der Waals surface area contributed by atoms with Crippen LogP contribution in [0.1, 0.15) is 25.1 Å². The van der Waals surface area contributed by atoms with Gasteiger partial charge in [0.25, 0.3) is 0 Å². The highest BCUT2D eigenvalue weighted by atomic mass is 19.1. The summed E-state index contributed by atoms with van der Waals surface area (Å²) in [7, 11) is 0. The van der Waals surface area contributed by atoms with Crippen LogP contribution in [0, 0.1) is 0 Å². The number of halogens is 1. The van der Waals surface area contributed by atoms with Gasteiger partial charge < -0.3 is 20.7 Å². The normalized spacial score (nSPS) is 29.3. The van der Waals surface area contributed by atoms with E-state index >= 15 is 0 Å². The molecule has 0 amide bonds. The van der Waals surface area contributed by atoms with E-state index in [1.807, 2.05) is 13.0 Å². The zero-order chi connectivity index (χ0) is 15.6. The van der Waals surface area contributed by atoms with Gasteiger partial charge in [-0.05, 0) is 6.42 Å². The fraction of sp³-hybridized carbons (Fsp3) is 0.538. The van der Waals surface area contributed by atoms with Crippen molar-refractivity contribution in [3.8, 4) is 0 Å². The van der Waals surface area contributed by atoms with Gasteiger partial charge in [0.2, 0.25) is 0 Å². The van der Waals surface area contributed by atoms with Gasteiger partial charge in [0.05, 0.1) is 6.61 Å². The van der Waals surface area contributed by atoms with Crippen molar-refractivity contribution in [2.24, 2.45) is 0 Å². The van der Waals surface area contributed by atoms with Crippen LogP contribution in [0.2, 0.25) is 0 Å². The van der Waals surface area contributed by atoms with Gasteiger partial charge in [-0.1, -0.05) is 19.1 Å². The Balaban J connectivity index is 2.40.